The lowest BCUT2D eigenvalue weighted by molar-refractivity contribution is -0.124. The third-order valence-corrected chi connectivity index (χ3v) is 5.06. The lowest BCUT2D eigenvalue weighted by Gasteiger charge is -2.16. The van der Waals surface area contributed by atoms with Gasteiger partial charge in [-0.1, -0.05) is 17.7 Å². The minimum atomic E-state index is -0.798. The summed E-state index contributed by atoms with van der Waals surface area (Å²) in [7, 11) is 1.39. The molecule has 0 spiro atoms. The van der Waals surface area contributed by atoms with Gasteiger partial charge in [-0.05, 0) is 36.8 Å². The highest BCUT2D eigenvalue weighted by atomic mass is 35.5. The first-order chi connectivity index (χ1) is 15.7. The van der Waals surface area contributed by atoms with E-state index in [9.17, 15) is 22.8 Å². The smallest absolute Gasteiger partial charge is 0.277 e. The van der Waals surface area contributed by atoms with E-state index in [0.29, 0.717) is 11.3 Å². The van der Waals surface area contributed by atoms with Crippen LogP contribution in [0, 0.1) is 24.4 Å². The van der Waals surface area contributed by atoms with Crippen molar-refractivity contribution in [3.8, 4) is 11.4 Å². The number of amides is 1. The van der Waals surface area contributed by atoms with Crippen molar-refractivity contribution in [3.05, 3.63) is 92.1 Å². The minimum Gasteiger partial charge on any atom is -0.487 e. The second kappa shape index (κ2) is 10.5. The molecular weight excluding hydrogens is 461 g/mol. The second-order valence-corrected chi connectivity index (χ2v) is 7.50. The molecule has 0 bridgehead atoms. The van der Waals surface area contributed by atoms with Crippen molar-refractivity contribution in [3.63, 3.8) is 0 Å². The van der Waals surface area contributed by atoms with E-state index in [0.717, 1.165) is 16.7 Å². The Bertz CT molecular complexity index is 1250. The molecule has 174 valence electrons. The zero-order valence-electron chi connectivity index (χ0n) is 17.8. The zero-order chi connectivity index (χ0) is 24.1. The highest BCUT2D eigenvalue weighted by Gasteiger charge is 2.17. The highest BCUT2D eigenvalue weighted by molar-refractivity contribution is 6.31. The Kier molecular flexibility index (Phi) is 7.78. The number of nitrogens with zero attached hydrogens (tertiary/aromatic N) is 1. The largest absolute Gasteiger partial charge is 0.487 e. The van der Waals surface area contributed by atoms with E-state index in [2.05, 4.69) is 5.32 Å². The third kappa shape index (κ3) is 5.74. The molecule has 6 nitrogen and oxygen atoms in total. The molecule has 1 heterocycles. The van der Waals surface area contributed by atoms with Gasteiger partial charge < -0.3 is 14.8 Å². The van der Waals surface area contributed by atoms with Crippen LogP contribution in [0.5, 0.6) is 5.75 Å². The van der Waals surface area contributed by atoms with Gasteiger partial charge in [-0.3, -0.25) is 14.2 Å². The van der Waals surface area contributed by atoms with Crippen molar-refractivity contribution >= 4 is 17.5 Å². The molecule has 1 N–H and O–H groups in total. The number of benzene rings is 2. The second-order valence-electron chi connectivity index (χ2n) is 7.12. The molecule has 1 aromatic heterocycles. The van der Waals surface area contributed by atoms with Gasteiger partial charge in [0, 0.05) is 37.0 Å². The van der Waals surface area contributed by atoms with Gasteiger partial charge in [0.05, 0.1) is 5.69 Å². The lowest BCUT2D eigenvalue weighted by Crippen LogP contribution is -2.27. The Morgan fingerprint density at radius 2 is 1.85 bits per heavy atom. The molecule has 0 aliphatic carbocycles. The molecule has 0 aliphatic rings. The Morgan fingerprint density at radius 1 is 1.09 bits per heavy atom. The van der Waals surface area contributed by atoms with E-state index in [1.54, 1.807) is 6.92 Å². The molecule has 0 saturated heterocycles. The fourth-order valence-corrected chi connectivity index (χ4v) is 3.30. The van der Waals surface area contributed by atoms with Crippen LogP contribution in [0.3, 0.4) is 0 Å². The fourth-order valence-electron chi connectivity index (χ4n) is 3.10. The molecule has 3 aromatic rings. The number of hydrogen-bond acceptors (Lipinski definition) is 4. The summed E-state index contributed by atoms with van der Waals surface area (Å²) in [5, 5.41) is 2.28. The highest BCUT2D eigenvalue weighted by Crippen LogP contribution is 2.26. The summed E-state index contributed by atoms with van der Waals surface area (Å²) in [4.78, 5) is 24.5. The number of hydrogen-bond donors (Lipinski definition) is 1. The van der Waals surface area contributed by atoms with Crippen LogP contribution in [0.4, 0.5) is 13.2 Å². The first kappa shape index (κ1) is 24.3. The van der Waals surface area contributed by atoms with Crippen LogP contribution in [0.2, 0.25) is 5.02 Å². The summed E-state index contributed by atoms with van der Waals surface area (Å²) in [5.74, 6) is -2.57. The van der Waals surface area contributed by atoms with E-state index >= 15 is 0 Å². The third-order valence-electron chi connectivity index (χ3n) is 4.71. The van der Waals surface area contributed by atoms with Crippen molar-refractivity contribution in [2.24, 2.45) is 0 Å². The summed E-state index contributed by atoms with van der Waals surface area (Å²) < 4.78 is 52.8. The number of methoxy groups -OCH3 is 1. The van der Waals surface area contributed by atoms with E-state index < -0.39 is 23.0 Å². The Morgan fingerprint density at radius 3 is 2.55 bits per heavy atom. The molecule has 33 heavy (non-hydrogen) atoms. The number of nitrogens with one attached hydrogen (secondary N) is 1. The van der Waals surface area contributed by atoms with Gasteiger partial charge in [0.1, 0.15) is 41.4 Å². The van der Waals surface area contributed by atoms with Gasteiger partial charge in [-0.15, -0.1) is 0 Å². The van der Waals surface area contributed by atoms with Crippen LogP contribution in [-0.2, 0) is 22.7 Å². The van der Waals surface area contributed by atoms with Gasteiger partial charge in [0.2, 0.25) is 5.91 Å². The monoisotopic (exact) mass is 480 g/mol. The summed E-state index contributed by atoms with van der Waals surface area (Å²) in [6, 6.07) is 8.51. The maximum atomic E-state index is 14.6. The number of carbonyl (C=O) groups is 1. The number of aryl methyl sites for hydroxylation is 1. The van der Waals surface area contributed by atoms with Crippen LogP contribution in [-0.4, -0.2) is 24.2 Å². The van der Waals surface area contributed by atoms with Crippen LogP contribution in [0.1, 0.15) is 16.8 Å². The van der Waals surface area contributed by atoms with Crippen molar-refractivity contribution in [1.29, 1.82) is 0 Å². The van der Waals surface area contributed by atoms with Crippen molar-refractivity contribution in [2.75, 3.05) is 13.7 Å². The number of ether oxygens (including phenoxy) is 2. The summed E-state index contributed by atoms with van der Waals surface area (Å²) in [6.45, 7) is 1.24. The molecule has 3 rings (SSSR count). The maximum Gasteiger partial charge on any atom is 0.277 e. The first-order valence-electron chi connectivity index (χ1n) is 9.74. The molecule has 0 aliphatic heterocycles. The fraction of sp³-hybridized carbons (Fsp3) is 0.217. The predicted molar refractivity (Wildman–Crippen MR) is 116 cm³/mol. The number of halogens is 4. The predicted octanol–water partition coefficient (Wildman–Crippen LogP) is 4.06. The normalized spacial score (nSPS) is 10.8. The van der Waals surface area contributed by atoms with Crippen LogP contribution in [0.15, 0.2) is 47.3 Å². The number of pyridine rings is 1. The molecule has 0 atom stereocenters. The van der Waals surface area contributed by atoms with Gasteiger partial charge >= 0.3 is 0 Å². The Hall–Kier alpha value is -3.30. The topological polar surface area (TPSA) is 69.6 Å². The van der Waals surface area contributed by atoms with Crippen LogP contribution >= 0.6 is 11.6 Å². The van der Waals surface area contributed by atoms with Crippen molar-refractivity contribution in [1.82, 2.24) is 9.88 Å². The minimum absolute atomic E-state index is 0.0254. The van der Waals surface area contributed by atoms with Gasteiger partial charge in [0.15, 0.2) is 0 Å². The standard InChI is InChI=1S/C23H20ClF3N2O4/c1-13-7-20(33-11-15-4-5-16(25)9-18(15)27)22(24)23(31)29(13)19-8-14(3-6-17(19)26)10-28-21(30)12-32-2/h3-9H,10-12H2,1-2H3,(H,28,30). The van der Waals surface area contributed by atoms with Crippen LogP contribution < -0.4 is 15.6 Å². The summed E-state index contributed by atoms with van der Waals surface area (Å²) >= 11 is 6.18. The van der Waals surface area contributed by atoms with Crippen molar-refractivity contribution < 1.29 is 27.4 Å². The lowest BCUT2D eigenvalue weighted by atomic mass is 10.1. The van der Waals surface area contributed by atoms with E-state index in [4.69, 9.17) is 21.1 Å². The van der Waals surface area contributed by atoms with Crippen molar-refractivity contribution in [2.45, 2.75) is 20.1 Å². The number of rotatable bonds is 8. The Balaban J connectivity index is 1.89. The van der Waals surface area contributed by atoms with Crippen LogP contribution in [0.25, 0.3) is 5.69 Å². The molecular formula is C23H20ClF3N2O4. The van der Waals surface area contributed by atoms with Gasteiger partial charge in [-0.25, -0.2) is 13.2 Å². The average Bonchev–Trinajstić information content (AvgIpc) is 2.77. The SMILES string of the molecule is COCC(=O)NCc1ccc(F)c(-n2c(C)cc(OCc3ccc(F)cc3F)c(Cl)c2=O)c1. The van der Waals surface area contributed by atoms with E-state index in [-0.39, 0.29) is 47.7 Å². The van der Waals surface area contributed by atoms with Gasteiger partial charge in [0.25, 0.3) is 5.56 Å². The molecule has 0 saturated carbocycles. The molecule has 0 fully saturated rings. The molecule has 2 aromatic carbocycles. The summed E-state index contributed by atoms with van der Waals surface area (Å²) in [5.41, 5.74) is 0.118. The van der Waals surface area contributed by atoms with E-state index in [1.165, 1.54) is 37.4 Å². The van der Waals surface area contributed by atoms with E-state index in [1.807, 2.05) is 0 Å². The average molecular weight is 481 g/mol. The molecule has 1 amide bonds. The molecule has 0 unspecified atom stereocenters. The van der Waals surface area contributed by atoms with Gasteiger partial charge in [-0.2, -0.15) is 0 Å². The number of aromatic nitrogens is 1. The molecule has 0 radical (unpaired) electrons. The Labute approximate surface area is 192 Å². The first-order valence-corrected chi connectivity index (χ1v) is 10.1. The summed E-state index contributed by atoms with van der Waals surface area (Å²) in [6.07, 6.45) is 0. The quantitative estimate of drug-likeness (QED) is 0.528. The maximum absolute atomic E-state index is 14.6. The number of carbonyl (C=O) groups excluding carboxylic acids is 1. The zero-order valence-corrected chi connectivity index (χ0v) is 18.5. The molecule has 10 heteroatoms.